The lowest BCUT2D eigenvalue weighted by molar-refractivity contribution is -0.112. The summed E-state index contributed by atoms with van der Waals surface area (Å²) in [5.74, 6) is 0.599. The predicted octanol–water partition coefficient (Wildman–Crippen LogP) is 5.70. The number of ether oxygens (including phenoxy) is 2. The molecule has 0 radical (unpaired) electrons. The summed E-state index contributed by atoms with van der Waals surface area (Å²) in [6, 6.07) is 16.6. The van der Waals surface area contributed by atoms with Gasteiger partial charge in [0.1, 0.15) is 18.1 Å². The van der Waals surface area contributed by atoms with Gasteiger partial charge in [0, 0.05) is 23.8 Å². The van der Waals surface area contributed by atoms with Gasteiger partial charge in [0.25, 0.3) is 5.91 Å². The number of nitrogens with two attached hydrogens (primary N) is 1. The fourth-order valence-corrected chi connectivity index (χ4v) is 4.85. The van der Waals surface area contributed by atoms with Crippen LogP contribution in [0.2, 0.25) is 0 Å². The number of methoxy groups -OCH3 is 1. The Kier molecular flexibility index (Phi) is 10.2. The summed E-state index contributed by atoms with van der Waals surface area (Å²) in [4.78, 5) is 32.5. The van der Waals surface area contributed by atoms with E-state index < -0.39 is 11.7 Å². The molecule has 3 aromatic rings. The molecular formula is C32H35ClN4O5. The summed E-state index contributed by atoms with van der Waals surface area (Å²) in [5, 5.41) is 2.63. The van der Waals surface area contributed by atoms with Gasteiger partial charge in [-0.25, -0.2) is 4.99 Å². The van der Waals surface area contributed by atoms with Gasteiger partial charge in [0.05, 0.1) is 42.0 Å². The van der Waals surface area contributed by atoms with Gasteiger partial charge in [-0.05, 0) is 86.5 Å². The molecule has 1 aromatic heterocycles. The zero-order valence-corrected chi connectivity index (χ0v) is 24.9. The van der Waals surface area contributed by atoms with E-state index in [-0.39, 0.29) is 22.5 Å². The first kappa shape index (κ1) is 30.6. The van der Waals surface area contributed by atoms with Crippen molar-refractivity contribution in [2.45, 2.75) is 33.2 Å². The first-order valence-corrected chi connectivity index (χ1v) is 14.1. The predicted molar refractivity (Wildman–Crippen MR) is 165 cm³/mol. The highest BCUT2D eigenvalue weighted by molar-refractivity contribution is 6.49. The molecule has 9 nitrogen and oxygen atoms in total. The monoisotopic (exact) mass is 590 g/mol. The first-order valence-electron chi connectivity index (χ1n) is 13.7. The smallest absolute Gasteiger partial charge is 0.291 e. The third-order valence-electron chi connectivity index (χ3n) is 6.93. The average Bonchev–Trinajstić information content (AvgIpc) is 3.55. The lowest BCUT2D eigenvalue weighted by Crippen LogP contribution is -2.41. The van der Waals surface area contributed by atoms with Gasteiger partial charge in [-0.2, -0.15) is 0 Å². The zero-order valence-electron chi connectivity index (χ0n) is 24.1. The average molecular weight is 591 g/mol. The summed E-state index contributed by atoms with van der Waals surface area (Å²) in [6.07, 6.45) is 3.43. The van der Waals surface area contributed by atoms with Crippen LogP contribution in [0.4, 0.5) is 11.4 Å². The van der Waals surface area contributed by atoms with Gasteiger partial charge in [-0.3, -0.25) is 9.59 Å². The van der Waals surface area contributed by atoms with Crippen molar-refractivity contribution in [3.8, 4) is 11.5 Å². The molecule has 1 atom stereocenters. The van der Waals surface area contributed by atoms with Gasteiger partial charge in [-0.15, -0.1) is 0 Å². The number of aryl methyl sites for hydroxylation is 1. The Bertz CT molecular complexity index is 1510. The van der Waals surface area contributed by atoms with E-state index in [0.29, 0.717) is 43.1 Å². The number of allylic oxidation sites excluding steroid dienone is 3. The maximum absolute atomic E-state index is 12.9. The van der Waals surface area contributed by atoms with Crippen LogP contribution in [0, 0.1) is 6.92 Å². The van der Waals surface area contributed by atoms with Crippen molar-refractivity contribution in [3.05, 3.63) is 94.6 Å². The highest BCUT2D eigenvalue weighted by atomic mass is 35.5. The van der Waals surface area contributed by atoms with E-state index in [4.69, 9.17) is 36.2 Å². The molecular weight excluding hydrogens is 556 g/mol. The first-order chi connectivity index (χ1) is 20.2. The van der Waals surface area contributed by atoms with E-state index in [1.165, 1.54) is 12.3 Å². The van der Waals surface area contributed by atoms with Crippen LogP contribution in [0.5, 0.6) is 11.5 Å². The number of rotatable bonds is 12. The Hall–Kier alpha value is -4.34. The Morgan fingerprint density at radius 1 is 1.17 bits per heavy atom. The fourth-order valence-electron chi connectivity index (χ4n) is 4.52. The second-order valence-electron chi connectivity index (χ2n) is 9.73. The van der Waals surface area contributed by atoms with Crippen LogP contribution < -0.4 is 25.4 Å². The number of furan rings is 1. The topological polar surface area (TPSA) is 119 Å². The number of anilines is 1. The molecule has 2 aromatic carbocycles. The molecule has 1 aliphatic rings. The number of hydrogen-bond acceptors (Lipinski definition) is 8. The number of ketones is 1. The van der Waals surface area contributed by atoms with Crippen LogP contribution in [-0.2, 0) is 4.79 Å². The van der Waals surface area contributed by atoms with E-state index in [0.717, 1.165) is 22.7 Å². The van der Waals surface area contributed by atoms with E-state index in [1.54, 1.807) is 19.3 Å². The lowest BCUT2D eigenvalue weighted by Gasteiger charge is -2.31. The Balaban J connectivity index is 1.56. The molecule has 4 rings (SSSR count). The minimum absolute atomic E-state index is 0.0302. The van der Waals surface area contributed by atoms with Crippen molar-refractivity contribution >= 4 is 40.4 Å². The molecule has 0 spiro atoms. The molecule has 220 valence electrons. The number of aliphatic imine (C=N–C) groups is 1. The summed E-state index contributed by atoms with van der Waals surface area (Å²) >= 11 is 6.46. The Morgan fingerprint density at radius 3 is 2.52 bits per heavy atom. The summed E-state index contributed by atoms with van der Waals surface area (Å²) in [6.45, 7) is 7.50. The van der Waals surface area contributed by atoms with Gasteiger partial charge in [-0.1, -0.05) is 18.5 Å². The van der Waals surface area contributed by atoms with Crippen molar-refractivity contribution in [2.24, 2.45) is 10.7 Å². The Labute approximate surface area is 250 Å². The normalized spacial score (nSPS) is 15.0. The third kappa shape index (κ3) is 7.10. The molecule has 1 amide bonds. The van der Waals surface area contributed by atoms with E-state index in [9.17, 15) is 9.59 Å². The molecule has 10 heteroatoms. The number of Topliss-reactive ketones (excluding diaryl/α,β-unsaturated/α-hetero) is 1. The molecule has 3 N–H and O–H groups in total. The summed E-state index contributed by atoms with van der Waals surface area (Å²) in [7, 11) is 1.63. The van der Waals surface area contributed by atoms with E-state index >= 15 is 0 Å². The zero-order chi connectivity index (χ0) is 30.2. The lowest BCUT2D eigenvalue weighted by atomic mass is 9.97. The quantitative estimate of drug-likeness (QED) is 0.260. The molecule has 0 bridgehead atoms. The summed E-state index contributed by atoms with van der Waals surface area (Å²) < 4.78 is 16.3. The van der Waals surface area contributed by atoms with E-state index in [2.05, 4.69) is 17.1 Å². The highest BCUT2D eigenvalue weighted by Gasteiger charge is 2.27. The standard InChI is InChI=1S/C32H35ClN4O5/c1-5-25-27(18-28(31(38)30(25)33)36-32(39)29-7-6-15-42-29)35-26-13-8-22(17-20(26)2)37(21(3)19-34)14-16-41-24-11-9-23(40-4)10-12-24/h6-13,15,17-18,21H,5,14,16,19,34H2,1-4H3,(H,36,39)/b35-27+. The second kappa shape index (κ2) is 14.0. The number of carbonyl (C=O) groups excluding carboxylic acids is 2. The molecule has 1 heterocycles. The van der Waals surface area contributed by atoms with Crippen LogP contribution in [0.3, 0.4) is 0 Å². The number of halogens is 1. The van der Waals surface area contributed by atoms with Crippen LogP contribution in [-0.4, -0.2) is 50.3 Å². The number of benzene rings is 2. The third-order valence-corrected chi connectivity index (χ3v) is 7.33. The maximum Gasteiger partial charge on any atom is 0.291 e. The number of nitrogens with zero attached hydrogens (tertiary/aromatic N) is 2. The van der Waals surface area contributed by atoms with Crippen LogP contribution in [0.1, 0.15) is 36.4 Å². The highest BCUT2D eigenvalue weighted by Crippen LogP contribution is 2.30. The molecule has 0 saturated heterocycles. The molecule has 1 unspecified atom stereocenters. The summed E-state index contributed by atoms with van der Waals surface area (Å²) in [5.41, 5.74) is 9.81. The number of hydrogen-bond donors (Lipinski definition) is 2. The Morgan fingerprint density at radius 2 is 1.90 bits per heavy atom. The van der Waals surface area contributed by atoms with Crippen LogP contribution in [0.25, 0.3) is 0 Å². The SMILES string of the molecule is CCC1=C(Cl)C(=O)C(NC(=O)c2ccco2)=C/C1=N\c1ccc(N(CCOc2ccc(OC)cc2)C(C)CN)cc1C. The minimum Gasteiger partial charge on any atom is -0.497 e. The number of amides is 1. The van der Waals surface area contributed by atoms with Crippen molar-refractivity contribution in [1.82, 2.24) is 5.32 Å². The van der Waals surface area contributed by atoms with Gasteiger partial charge in [0.15, 0.2) is 5.76 Å². The van der Waals surface area contributed by atoms with Gasteiger partial charge in [0.2, 0.25) is 5.78 Å². The largest absolute Gasteiger partial charge is 0.497 e. The van der Waals surface area contributed by atoms with Crippen molar-refractivity contribution in [3.63, 3.8) is 0 Å². The number of carbonyl (C=O) groups is 2. The van der Waals surface area contributed by atoms with Crippen LogP contribution in [0.15, 0.2) is 92.6 Å². The van der Waals surface area contributed by atoms with Crippen LogP contribution >= 0.6 is 11.6 Å². The van der Waals surface area contributed by atoms with Crippen molar-refractivity contribution < 1.29 is 23.5 Å². The molecule has 1 aliphatic carbocycles. The van der Waals surface area contributed by atoms with E-state index in [1.807, 2.05) is 56.3 Å². The molecule has 0 saturated carbocycles. The second-order valence-corrected chi connectivity index (χ2v) is 10.1. The maximum atomic E-state index is 12.9. The molecule has 42 heavy (non-hydrogen) atoms. The van der Waals surface area contributed by atoms with Crippen molar-refractivity contribution in [1.29, 1.82) is 0 Å². The molecule has 0 aliphatic heterocycles. The van der Waals surface area contributed by atoms with Gasteiger partial charge >= 0.3 is 0 Å². The molecule has 0 fully saturated rings. The minimum atomic E-state index is -0.547. The fraction of sp³-hybridized carbons (Fsp3) is 0.281. The van der Waals surface area contributed by atoms with Gasteiger partial charge < -0.3 is 29.8 Å². The van der Waals surface area contributed by atoms with Crippen molar-refractivity contribution in [2.75, 3.05) is 31.7 Å². The number of nitrogens with one attached hydrogen (secondary N) is 1.